The number of aromatic nitrogens is 3. The van der Waals surface area contributed by atoms with Crippen molar-refractivity contribution in [1.29, 1.82) is 0 Å². The SMILES string of the molecule is CCc1c(F)ccc2c(F)c(O)cc(-c3ncc4c(N5C[C@@H]6C[C@H](C5)[C@H](O)C6)nc(OC[C@@]56CCCN5C[C@H](F)C6)nc4c3F)c12. The lowest BCUT2D eigenvalue weighted by atomic mass is 9.94. The Morgan fingerprint density at radius 1 is 1.07 bits per heavy atom. The lowest BCUT2D eigenvalue weighted by molar-refractivity contribution is 0.107. The van der Waals surface area contributed by atoms with E-state index in [2.05, 4.69) is 14.9 Å². The average molecular weight is 638 g/mol. The molecule has 0 radical (unpaired) electrons. The van der Waals surface area contributed by atoms with Gasteiger partial charge in [-0.2, -0.15) is 9.97 Å². The van der Waals surface area contributed by atoms with Gasteiger partial charge in [0, 0.05) is 54.5 Å². The molecule has 5 atom stereocenters. The third-order valence-electron chi connectivity index (χ3n) is 10.7. The van der Waals surface area contributed by atoms with Crippen molar-refractivity contribution in [2.24, 2.45) is 11.8 Å². The Labute approximate surface area is 263 Å². The number of ether oxygens (including phenoxy) is 1. The van der Waals surface area contributed by atoms with Gasteiger partial charge < -0.3 is 19.8 Å². The number of alkyl halides is 1. The van der Waals surface area contributed by atoms with E-state index < -0.39 is 41.0 Å². The number of phenols is 1. The minimum atomic E-state index is -0.946. The second-order valence-electron chi connectivity index (χ2n) is 13.5. The number of pyridine rings is 1. The number of aliphatic hydroxyl groups is 1. The third kappa shape index (κ3) is 4.58. The van der Waals surface area contributed by atoms with Gasteiger partial charge >= 0.3 is 6.01 Å². The predicted octanol–water partition coefficient (Wildman–Crippen LogP) is 5.69. The van der Waals surface area contributed by atoms with E-state index in [4.69, 9.17) is 9.72 Å². The molecule has 242 valence electrons. The molecule has 8 nitrogen and oxygen atoms in total. The van der Waals surface area contributed by atoms with Crippen LogP contribution < -0.4 is 9.64 Å². The highest BCUT2D eigenvalue weighted by Gasteiger charge is 2.49. The maximum atomic E-state index is 16.8. The standard InChI is InChI=1S/C34H35F4N5O3/c1-2-20-24(36)5-4-21-27(20)22(10-26(45)28(21)37)30-29(38)31-23(12-39-30)32(42-13-17-8-18(14-42)25(44)9-17)41-33(40-31)46-16-34-6-3-7-43(34)15-19(35)11-34/h4-5,10,12,17-19,25,44-45H,2-3,6-9,11,13-16H2,1H3/t17-,18-,19-,25-,34+/m1/s1. The van der Waals surface area contributed by atoms with Crippen molar-refractivity contribution in [3.05, 3.63) is 47.4 Å². The zero-order valence-corrected chi connectivity index (χ0v) is 25.4. The topological polar surface area (TPSA) is 94.8 Å². The first-order chi connectivity index (χ1) is 22.2. The summed E-state index contributed by atoms with van der Waals surface area (Å²) in [6, 6.07) is 3.36. The molecule has 0 spiro atoms. The van der Waals surface area contributed by atoms with E-state index >= 15 is 8.78 Å². The van der Waals surface area contributed by atoms with Crippen LogP contribution in [0.3, 0.4) is 0 Å². The Morgan fingerprint density at radius 3 is 2.72 bits per heavy atom. The van der Waals surface area contributed by atoms with Gasteiger partial charge in [-0.3, -0.25) is 9.88 Å². The average Bonchev–Trinajstić information content (AvgIpc) is 3.65. The van der Waals surface area contributed by atoms with Crippen molar-refractivity contribution in [1.82, 2.24) is 19.9 Å². The van der Waals surface area contributed by atoms with Crippen molar-refractivity contribution in [2.45, 2.75) is 63.3 Å². The third-order valence-corrected chi connectivity index (χ3v) is 10.7. The van der Waals surface area contributed by atoms with Crippen molar-refractivity contribution in [3.63, 3.8) is 0 Å². The number of benzene rings is 2. The van der Waals surface area contributed by atoms with Gasteiger partial charge in [-0.1, -0.05) is 6.92 Å². The molecule has 8 rings (SSSR count). The van der Waals surface area contributed by atoms with Crippen LogP contribution in [0.1, 0.15) is 44.6 Å². The predicted molar refractivity (Wildman–Crippen MR) is 164 cm³/mol. The molecule has 0 unspecified atom stereocenters. The first-order valence-electron chi connectivity index (χ1n) is 16.1. The highest BCUT2D eigenvalue weighted by molar-refractivity contribution is 6.02. The van der Waals surface area contributed by atoms with Crippen LogP contribution in [0.25, 0.3) is 32.9 Å². The van der Waals surface area contributed by atoms with Crippen LogP contribution in [0.5, 0.6) is 11.8 Å². The molecule has 2 aromatic carbocycles. The number of nitrogens with zero attached hydrogens (tertiary/aromatic N) is 5. The van der Waals surface area contributed by atoms with E-state index in [1.54, 1.807) is 6.92 Å². The zero-order valence-electron chi connectivity index (χ0n) is 25.4. The Kier molecular flexibility index (Phi) is 7.02. The van der Waals surface area contributed by atoms with Crippen LogP contribution in [0.2, 0.25) is 0 Å². The van der Waals surface area contributed by atoms with Crippen LogP contribution in [-0.4, -0.2) is 80.7 Å². The quantitative estimate of drug-likeness (QED) is 0.261. The number of rotatable bonds is 6. The van der Waals surface area contributed by atoms with Crippen molar-refractivity contribution < 1.29 is 32.5 Å². The molecular formula is C34H35F4N5O3. The molecular weight excluding hydrogens is 602 g/mol. The van der Waals surface area contributed by atoms with E-state index in [0.717, 1.165) is 37.9 Å². The first kappa shape index (κ1) is 29.6. The number of piperidine rings is 1. The number of phenolic OH excluding ortho intramolecular Hbond substituents is 1. The molecule has 2 N–H and O–H groups in total. The Balaban J connectivity index is 1.28. The molecule has 4 aromatic rings. The van der Waals surface area contributed by atoms with Crippen molar-refractivity contribution in [2.75, 3.05) is 37.7 Å². The normalized spacial score (nSPS) is 27.7. The van der Waals surface area contributed by atoms with Crippen molar-refractivity contribution in [3.8, 4) is 23.0 Å². The molecule has 12 heteroatoms. The van der Waals surface area contributed by atoms with Gasteiger partial charge in [-0.05, 0) is 68.3 Å². The van der Waals surface area contributed by atoms with Gasteiger partial charge in [0.15, 0.2) is 17.4 Å². The summed E-state index contributed by atoms with van der Waals surface area (Å²) in [6.45, 7) is 4.13. The summed E-state index contributed by atoms with van der Waals surface area (Å²) >= 11 is 0. The van der Waals surface area contributed by atoms with Gasteiger partial charge in [0.1, 0.15) is 35.6 Å². The maximum Gasteiger partial charge on any atom is 0.319 e. The number of hydrogen-bond donors (Lipinski definition) is 2. The summed E-state index contributed by atoms with van der Waals surface area (Å²) < 4.78 is 67.5. The van der Waals surface area contributed by atoms with Gasteiger partial charge in [-0.15, -0.1) is 0 Å². The summed E-state index contributed by atoms with van der Waals surface area (Å²) in [5.74, 6) is -2.35. The van der Waals surface area contributed by atoms with Crippen LogP contribution >= 0.6 is 0 Å². The van der Waals surface area contributed by atoms with Gasteiger partial charge in [0.2, 0.25) is 0 Å². The fourth-order valence-corrected chi connectivity index (χ4v) is 8.62. The van der Waals surface area contributed by atoms with Crippen LogP contribution in [0.4, 0.5) is 23.4 Å². The minimum Gasteiger partial charge on any atom is -0.505 e. The number of hydrogen-bond acceptors (Lipinski definition) is 8. The molecule has 4 fully saturated rings. The minimum absolute atomic E-state index is 0.0341. The molecule has 3 saturated heterocycles. The number of anilines is 1. The number of fused-ring (bicyclic) bond motifs is 5. The van der Waals surface area contributed by atoms with E-state index in [1.165, 1.54) is 12.3 Å². The zero-order chi connectivity index (χ0) is 31.9. The van der Waals surface area contributed by atoms with Crippen LogP contribution in [0, 0.1) is 29.3 Å². The molecule has 2 aromatic heterocycles. The molecule has 4 aliphatic rings. The molecule has 1 saturated carbocycles. The highest BCUT2D eigenvalue weighted by atomic mass is 19.1. The lowest BCUT2D eigenvalue weighted by Gasteiger charge is -2.34. The molecule has 5 heterocycles. The molecule has 46 heavy (non-hydrogen) atoms. The first-order valence-corrected chi connectivity index (χ1v) is 16.1. The molecule has 2 bridgehead atoms. The van der Waals surface area contributed by atoms with E-state index in [-0.39, 0.29) is 64.0 Å². The summed E-state index contributed by atoms with van der Waals surface area (Å²) in [5, 5.41) is 21.5. The van der Waals surface area contributed by atoms with Crippen molar-refractivity contribution >= 4 is 27.5 Å². The number of halogens is 4. The monoisotopic (exact) mass is 637 g/mol. The number of aromatic hydroxyl groups is 1. The van der Waals surface area contributed by atoms with E-state index in [1.807, 2.05) is 4.90 Å². The Hall–Kier alpha value is -3.77. The Bertz CT molecular complexity index is 1870. The van der Waals surface area contributed by atoms with Crippen LogP contribution in [-0.2, 0) is 6.42 Å². The summed E-state index contributed by atoms with van der Waals surface area (Å²) in [4.78, 5) is 17.8. The number of aryl methyl sites for hydroxylation is 1. The maximum absolute atomic E-state index is 16.8. The van der Waals surface area contributed by atoms with Gasteiger partial charge in [0.05, 0.1) is 17.0 Å². The largest absolute Gasteiger partial charge is 0.505 e. The van der Waals surface area contributed by atoms with E-state index in [9.17, 15) is 19.0 Å². The second kappa shape index (κ2) is 10.9. The Morgan fingerprint density at radius 2 is 1.91 bits per heavy atom. The smallest absolute Gasteiger partial charge is 0.319 e. The number of aliphatic hydroxyl groups excluding tert-OH is 1. The highest BCUT2D eigenvalue weighted by Crippen LogP contribution is 2.44. The summed E-state index contributed by atoms with van der Waals surface area (Å²) in [6.07, 6.45) is 3.92. The fourth-order valence-electron chi connectivity index (χ4n) is 8.62. The molecule has 3 aliphatic heterocycles. The van der Waals surface area contributed by atoms with Gasteiger partial charge in [0.25, 0.3) is 0 Å². The van der Waals surface area contributed by atoms with E-state index in [0.29, 0.717) is 43.7 Å². The summed E-state index contributed by atoms with van der Waals surface area (Å²) in [5.41, 5.74) is -0.586. The molecule has 1 aliphatic carbocycles. The lowest BCUT2D eigenvalue weighted by Crippen LogP contribution is -2.43. The second-order valence-corrected chi connectivity index (χ2v) is 13.5. The van der Waals surface area contributed by atoms with Gasteiger partial charge in [-0.25, -0.2) is 17.6 Å². The molecule has 0 amide bonds. The summed E-state index contributed by atoms with van der Waals surface area (Å²) in [7, 11) is 0. The van der Waals surface area contributed by atoms with Crippen LogP contribution in [0.15, 0.2) is 24.4 Å². The fraction of sp³-hybridized carbons (Fsp3) is 0.500.